The zero-order chi connectivity index (χ0) is 19.3. The Kier molecular flexibility index (Phi) is 5.91. The third-order valence-corrected chi connectivity index (χ3v) is 6.23. The average Bonchev–Trinajstić information content (AvgIpc) is 2.94. The molecule has 6 nitrogen and oxygen atoms in total. The van der Waals surface area contributed by atoms with Crippen molar-refractivity contribution in [2.45, 2.75) is 24.6 Å². The predicted octanol–water partition coefficient (Wildman–Crippen LogP) is 1.98. The molecule has 0 spiro atoms. The van der Waals surface area contributed by atoms with Crippen LogP contribution in [-0.2, 0) is 21.1 Å². The van der Waals surface area contributed by atoms with E-state index < -0.39 is 26.9 Å². The third-order valence-electron chi connectivity index (χ3n) is 4.46. The molecule has 1 heterocycles. The average molecular weight is 386 g/mol. The van der Waals surface area contributed by atoms with Crippen LogP contribution in [0.3, 0.4) is 0 Å². The summed E-state index contributed by atoms with van der Waals surface area (Å²) in [4.78, 5) is 23.7. The lowest BCUT2D eigenvalue weighted by Crippen LogP contribution is -2.25. The van der Waals surface area contributed by atoms with Crippen molar-refractivity contribution in [2.24, 2.45) is 0 Å². The largest absolute Gasteiger partial charge is 0.352 e. The van der Waals surface area contributed by atoms with Crippen molar-refractivity contribution in [1.29, 1.82) is 0 Å². The van der Waals surface area contributed by atoms with E-state index >= 15 is 0 Å². The molecule has 0 aliphatic carbocycles. The fraction of sp³-hybridized carbons (Fsp3) is 0.300. The van der Waals surface area contributed by atoms with Crippen LogP contribution in [0.1, 0.15) is 39.7 Å². The Morgan fingerprint density at radius 3 is 2.56 bits per heavy atom. The van der Waals surface area contributed by atoms with Crippen molar-refractivity contribution in [2.75, 3.05) is 12.3 Å². The van der Waals surface area contributed by atoms with Gasteiger partial charge < -0.3 is 10.6 Å². The van der Waals surface area contributed by atoms with Crippen LogP contribution in [0.5, 0.6) is 0 Å². The molecule has 27 heavy (non-hydrogen) atoms. The molecule has 142 valence electrons. The van der Waals surface area contributed by atoms with Crippen LogP contribution in [0.25, 0.3) is 0 Å². The van der Waals surface area contributed by atoms with Crippen molar-refractivity contribution >= 4 is 21.7 Å². The fourth-order valence-corrected chi connectivity index (χ4v) is 4.57. The molecule has 1 unspecified atom stereocenters. The maximum absolute atomic E-state index is 12.3. The molecule has 1 aliphatic heterocycles. The summed E-state index contributed by atoms with van der Waals surface area (Å²) >= 11 is 0. The van der Waals surface area contributed by atoms with E-state index in [0.29, 0.717) is 17.7 Å². The summed E-state index contributed by atoms with van der Waals surface area (Å²) in [5, 5.41) is 4.22. The van der Waals surface area contributed by atoms with Gasteiger partial charge in [-0.3, -0.25) is 9.59 Å². The van der Waals surface area contributed by atoms with Gasteiger partial charge in [0.25, 0.3) is 5.91 Å². The van der Waals surface area contributed by atoms with Crippen LogP contribution in [0.2, 0.25) is 0 Å². The van der Waals surface area contributed by atoms with Gasteiger partial charge in [-0.25, -0.2) is 8.42 Å². The van der Waals surface area contributed by atoms with Gasteiger partial charge in [-0.05, 0) is 42.5 Å². The first-order chi connectivity index (χ1) is 13.0. The Labute approximate surface area is 158 Å². The van der Waals surface area contributed by atoms with Gasteiger partial charge in [-0.15, -0.1) is 0 Å². The number of hydrogen-bond acceptors (Lipinski definition) is 4. The number of unbranched alkanes of at least 4 members (excludes halogenated alkanes) is 1. The SMILES string of the molecule is O=C1CS(=O)(=O)C(c2cccc(C(=O)NCCCCc3ccccc3)c2)N1. The van der Waals surface area contributed by atoms with Gasteiger partial charge >= 0.3 is 0 Å². The third kappa shape index (κ3) is 4.95. The lowest BCUT2D eigenvalue weighted by atomic mass is 10.1. The van der Waals surface area contributed by atoms with Crippen molar-refractivity contribution in [3.8, 4) is 0 Å². The first kappa shape index (κ1) is 19.1. The minimum Gasteiger partial charge on any atom is -0.352 e. The molecule has 2 aromatic carbocycles. The van der Waals surface area contributed by atoms with Crippen LogP contribution < -0.4 is 10.6 Å². The highest BCUT2D eigenvalue weighted by Gasteiger charge is 2.37. The Morgan fingerprint density at radius 2 is 1.85 bits per heavy atom. The van der Waals surface area contributed by atoms with E-state index in [1.54, 1.807) is 18.2 Å². The number of hydrogen-bond donors (Lipinski definition) is 2. The molecule has 1 atom stereocenters. The van der Waals surface area contributed by atoms with Crippen LogP contribution >= 0.6 is 0 Å². The van der Waals surface area contributed by atoms with Crippen LogP contribution in [0.15, 0.2) is 54.6 Å². The molecule has 2 aromatic rings. The van der Waals surface area contributed by atoms with E-state index in [1.807, 2.05) is 18.2 Å². The summed E-state index contributed by atoms with van der Waals surface area (Å²) in [5.74, 6) is -1.29. The molecule has 1 aliphatic rings. The van der Waals surface area contributed by atoms with Gasteiger partial charge in [-0.1, -0.05) is 42.5 Å². The van der Waals surface area contributed by atoms with E-state index in [1.165, 1.54) is 11.6 Å². The zero-order valence-electron chi connectivity index (χ0n) is 14.9. The summed E-state index contributed by atoms with van der Waals surface area (Å²) in [5.41, 5.74) is 2.06. The van der Waals surface area contributed by atoms with Crippen molar-refractivity contribution in [3.05, 3.63) is 71.3 Å². The quantitative estimate of drug-likeness (QED) is 0.712. The molecule has 3 rings (SSSR count). The number of rotatable bonds is 7. The number of carbonyl (C=O) groups is 2. The molecular formula is C20H22N2O4S. The second-order valence-corrected chi connectivity index (χ2v) is 8.66. The Morgan fingerprint density at radius 1 is 1.07 bits per heavy atom. The lowest BCUT2D eigenvalue weighted by molar-refractivity contribution is -0.118. The molecule has 0 aromatic heterocycles. The maximum Gasteiger partial charge on any atom is 0.251 e. The van der Waals surface area contributed by atoms with E-state index in [2.05, 4.69) is 22.8 Å². The molecule has 0 saturated carbocycles. The Bertz CT molecular complexity index is 926. The Balaban J connectivity index is 1.52. The highest BCUT2D eigenvalue weighted by atomic mass is 32.2. The smallest absolute Gasteiger partial charge is 0.251 e. The second kappa shape index (κ2) is 8.35. The molecule has 0 bridgehead atoms. The first-order valence-electron chi connectivity index (χ1n) is 8.89. The van der Waals surface area contributed by atoms with Gasteiger partial charge in [0.2, 0.25) is 5.91 Å². The number of nitrogens with one attached hydrogen (secondary N) is 2. The molecule has 0 radical (unpaired) electrons. The summed E-state index contributed by atoms with van der Waals surface area (Å²) in [7, 11) is -3.57. The summed E-state index contributed by atoms with van der Waals surface area (Å²) in [6.07, 6.45) is 2.79. The predicted molar refractivity (Wildman–Crippen MR) is 103 cm³/mol. The number of carbonyl (C=O) groups excluding carboxylic acids is 2. The minimum atomic E-state index is -3.57. The van der Waals surface area contributed by atoms with E-state index in [9.17, 15) is 18.0 Å². The van der Waals surface area contributed by atoms with Crippen molar-refractivity contribution in [1.82, 2.24) is 10.6 Å². The Hall–Kier alpha value is -2.67. The van der Waals surface area contributed by atoms with Crippen LogP contribution in [0.4, 0.5) is 0 Å². The number of aryl methyl sites for hydroxylation is 1. The number of benzene rings is 2. The van der Waals surface area contributed by atoms with Gasteiger partial charge in [0.05, 0.1) is 0 Å². The molecular weight excluding hydrogens is 364 g/mol. The van der Waals surface area contributed by atoms with Crippen LogP contribution in [0, 0.1) is 0 Å². The lowest BCUT2D eigenvalue weighted by Gasteiger charge is -2.12. The molecule has 2 N–H and O–H groups in total. The molecule has 1 fully saturated rings. The van der Waals surface area contributed by atoms with E-state index in [4.69, 9.17) is 0 Å². The second-order valence-electron chi connectivity index (χ2n) is 6.58. The maximum atomic E-state index is 12.3. The molecule has 2 amide bonds. The highest BCUT2D eigenvalue weighted by Crippen LogP contribution is 2.25. The normalized spacial score (nSPS) is 18.1. The number of sulfone groups is 1. The molecule has 1 saturated heterocycles. The van der Waals surface area contributed by atoms with Gasteiger partial charge in [0.1, 0.15) is 5.75 Å². The summed E-state index contributed by atoms with van der Waals surface area (Å²) in [6, 6.07) is 16.6. The van der Waals surface area contributed by atoms with Gasteiger partial charge in [0.15, 0.2) is 15.2 Å². The van der Waals surface area contributed by atoms with Crippen LogP contribution in [-0.4, -0.2) is 32.5 Å². The minimum absolute atomic E-state index is 0.252. The van der Waals surface area contributed by atoms with Gasteiger partial charge in [-0.2, -0.15) is 0 Å². The monoisotopic (exact) mass is 386 g/mol. The topological polar surface area (TPSA) is 92.3 Å². The first-order valence-corrected chi connectivity index (χ1v) is 10.6. The number of amides is 2. The van der Waals surface area contributed by atoms with E-state index in [0.717, 1.165) is 19.3 Å². The standard InChI is InChI=1S/C20H22N2O4S/c23-18-14-27(25,26)20(22-18)17-11-6-10-16(13-17)19(24)21-12-5-4-9-15-7-2-1-3-8-15/h1-3,6-8,10-11,13,20H,4-5,9,12,14H2,(H,21,24)(H,22,23). The fourth-order valence-electron chi connectivity index (χ4n) is 3.08. The summed E-state index contributed by atoms with van der Waals surface area (Å²) in [6.45, 7) is 0.550. The van der Waals surface area contributed by atoms with Crippen molar-refractivity contribution in [3.63, 3.8) is 0 Å². The highest BCUT2D eigenvalue weighted by molar-refractivity contribution is 7.92. The molecule has 7 heteroatoms. The van der Waals surface area contributed by atoms with Crippen molar-refractivity contribution < 1.29 is 18.0 Å². The summed E-state index contributed by atoms with van der Waals surface area (Å²) < 4.78 is 24.1. The van der Waals surface area contributed by atoms with Gasteiger partial charge in [0, 0.05) is 12.1 Å². The zero-order valence-corrected chi connectivity index (χ0v) is 15.7. The van der Waals surface area contributed by atoms with E-state index in [-0.39, 0.29) is 5.91 Å².